The number of thiocarbonyl (C=S) groups is 1. The summed E-state index contributed by atoms with van der Waals surface area (Å²) < 4.78 is 0. The molecule has 2 N–H and O–H groups in total. The minimum atomic E-state index is 0.196. The number of hydrogen-bond donors (Lipinski definition) is 2. The molecule has 0 aromatic heterocycles. The van der Waals surface area contributed by atoms with Crippen molar-refractivity contribution in [3.63, 3.8) is 0 Å². The molecule has 0 amide bonds. The maximum Gasteiger partial charge on any atom is 0.166 e. The van der Waals surface area contributed by atoms with Gasteiger partial charge in [-0.25, -0.2) is 0 Å². The molecule has 0 aliphatic rings. The highest BCUT2D eigenvalue weighted by atomic mass is 35.5. The maximum atomic E-state index is 5.85. The smallest absolute Gasteiger partial charge is 0.166 e. The fraction of sp³-hybridized carbons (Fsp3) is 0.533. The van der Waals surface area contributed by atoms with Crippen LogP contribution in [0.15, 0.2) is 24.3 Å². The molecule has 0 radical (unpaired) electrons. The number of rotatable bonds is 4. The Balaban J connectivity index is 2.29. The largest absolute Gasteiger partial charge is 0.362 e. The number of halogens is 1. The summed E-state index contributed by atoms with van der Waals surface area (Å²) >= 11 is 11.1. The predicted octanol–water partition coefficient (Wildman–Crippen LogP) is 3.78. The quantitative estimate of drug-likeness (QED) is 0.827. The van der Waals surface area contributed by atoms with Crippen LogP contribution in [-0.4, -0.2) is 17.7 Å². The highest BCUT2D eigenvalue weighted by Gasteiger charge is 2.20. The molecule has 106 valence electrons. The number of benzene rings is 1. The van der Waals surface area contributed by atoms with Crippen molar-refractivity contribution in [2.24, 2.45) is 5.41 Å². The number of hydrogen-bond acceptors (Lipinski definition) is 1. The van der Waals surface area contributed by atoms with Crippen LogP contribution in [0.2, 0.25) is 5.02 Å². The topological polar surface area (TPSA) is 24.1 Å². The zero-order valence-electron chi connectivity index (χ0n) is 12.1. The van der Waals surface area contributed by atoms with Gasteiger partial charge in [-0.2, -0.15) is 0 Å². The minimum absolute atomic E-state index is 0.196. The fourth-order valence-corrected chi connectivity index (χ4v) is 1.84. The Hall–Kier alpha value is -0.800. The van der Waals surface area contributed by atoms with Crippen molar-refractivity contribution in [2.45, 2.75) is 40.2 Å². The van der Waals surface area contributed by atoms with Gasteiger partial charge in [-0.1, -0.05) is 44.5 Å². The van der Waals surface area contributed by atoms with E-state index >= 15 is 0 Å². The summed E-state index contributed by atoms with van der Waals surface area (Å²) in [6.07, 6.45) is 0.933. The molecular formula is C15H23ClN2S. The third-order valence-corrected chi connectivity index (χ3v) is 3.77. The first-order valence-corrected chi connectivity index (χ1v) is 7.36. The molecule has 1 aromatic carbocycles. The third kappa shape index (κ3) is 6.26. The van der Waals surface area contributed by atoms with E-state index in [0.717, 1.165) is 23.1 Å². The van der Waals surface area contributed by atoms with Crippen molar-refractivity contribution in [1.29, 1.82) is 0 Å². The zero-order chi connectivity index (χ0) is 14.5. The van der Waals surface area contributed by atoms with E-state index in [9.17, 15) is 0 Å². The van der Waals surface area contributed by atoms with E-state index in [1.165, 1.54) is 5.56 Å². The van der Waals surface area contributed by atoms with Crippen LogP contribution in [-0.2, 0) is 6.42 Å². The first kappa shape index (κ1) is 16.3. The van der Waals surface area contributed by atoms with Crippen molar-refractivity contribution in [2.75, 3.05) is 6.54 Å². The molecular weight excluding hydrogens is 276 g/mol. The van der Waals surface area contributed by atoms with Gasteiger partial charge in [-0.15, -0.1) is 0 Å². The van der Waals surface area contributed by atoms with Crippen molar-refractivity contribution >= 4 is 28.9 Å². The summed E-state index contributed by atoms with van der Waals surface area (Å²) in [5, 5.41) is 8.04. The van der Waals surface area contributed by atoms with Crippen LogP contribution in [0.25, 0.3) is 0 Å². The molecule has 1 rings (SSSR count). The summed E-state index contributed by atoms with van der Waals surface area (Å²) in [7, 11) is 0. The average Bonchev–Trinajstić information content (AvgIpc) is 2.30. The Labute approximate surface area is 126 Å². The van der Waals surface area contributed by atoms with Crippen molar-refractivity contribution in [3.8, 4) is 0 Å². The van der Waals surface area contributed by atoms with Gasteiger partial charge in [-0.3, -0.25) is 0 Å². The fourth-order valence-electron chi connectivity index (χ4n) is 1.44. The van der Waals surface area contributed by atoms with Crippen LogP contribution in [0.5, 0.6) is 0 Å². The normalized spacial score (nSPS) is 12.9. The average molecular weight is 299 g/mol. The lowest BCUT2D eigenvalue weighted by Gasteiger charge is -2.29. The van der Waals surface area contributed by atoms with Crippen LogP contribution in [0.1, 0.15) is 33.3 Å². The predicted molar refractivity (Wildman–Crippen MR) is 87.8 cm³/mol. The molecule has 0 saturated heterocycles. The van der Waals surface area contributed by atoms with Crippen LogP contribution >= 0.6 is 23.8 Å². The summed E-state index contributed by atoms with van der Waals surface area (Å²) in [6, 6.07) is 8.24. The molecule has 2 nitrogen and oxygen atoms in total. The van der Waals surface area contributed by atoms with Gasteiger partial charge >= 0.3 is 0 Å². The second-order valence-electron chi connectivity index (χ2n) is 5.86. The highest BCUT2D eigenvalue weighted by molar-refractivity contribution is 7.80. The lowest BCUT2D eigenvalue weighted by molar-refractivity contribution is 0.315. The Kier molecular flexibility index (Phi) is 6.08. The molecule has 0 saturated carbocycles. The summed E-state index contributed by atoms with van der Waals surface area (Å²) in [6.45, 7) is 9.56. The minimum Gasteiger partial charge on any atom is -0.362 e. The molecule has 19 heavy (non-hydrogen) atoms. The van der Waals surface area contributed by atoms with E-state index in [2.05, 4.69) is 38.3 Å². The first-order valence-electron chi connectivity index (χ1n) is 6.58. The molecule has 0 aliphatic carbocycles. The summed E-state index contributed by atoms with van der Waals surface area (Å²) in [5.41, 5.74) is 1.45. The van der Waals surface area contributed by atoms with Crippen LogP contribution in [0, 0.1) is 5.41 Å². The van der Waals surface area contributed by atoms with Gasteiger partial charge < -0.3 is 10.6 Å². The Morgan fingerprint density at radius 2 is 1.84 bits per heavy atom. The van der Waals surface area contributed by atoms with Crippen LogP contribution in [0.3, 0.4) is 0 Å². The first-order chi connectivity index (χ1) is 8.79. The zero-order valence-corrected chi connectivity index (χ0v) is 13.7. The molecule has 0 heterocycles. The lowest BCUT2D eigenvalue weighted by atomic mass is 9.88. The Bertz CT molecular complexity index is 409. The molecule has 0 bridgehead atoms. The Morgan fingerprint density at radius 1 is 1.26 bits per heavy atom. The number of nitrogens with one attached hydrogen (secondary N) is 2. The summed E-state index contributed by atoms with van der Waals surface area (Å²) in [4.78, 5) is 0. The van der Waals surface area contributed by atoms with Crippen molar-refractivity contribution in [1.82, 2.24) is 10.6 Å². The van der Waals surface area contributed by atoms with Gasteiger partial charge in [0.1, 0.15) is 0 Å². The molecule has 1 unspecified atom stereocenters. The lowest BCUT2D eigenvalue weighted by Crippen LogP contribution is -2.46. The third-order valence-electron chi connectivity index (χ3n) is 3.26. The van der Waals surface area contributed by atoms with Gasteiger partial charge in [-0.05, 0) is 48.7 Å². The van der Waals surface area contributed by atoms with E-state index < -0.39 is 0 Å². The summed E-state index contributed by atoms with van der Waals surface area (Å²) in [5.74, 6) is 0. The second kappa shape index (κ2) is 7.11. The second-order valence-corrected chi connectivity index (χ2v) is 6.71. The molecule has 1 aromatic rings. The van der Waals surface area contributed by atoms with Gasteiger partial charge in [0.15, 0.2) is 5.11 Å². The van der Waals surface area contributed by atoms with E-state index in [1.807, 2.05) is 24.3 Å². The van der Waals surface area contributed by atoms with Crippen LogP contribution < -0.4 is 10.6 Å². The van der Waals surface area contributed by atoms with E-state index in [4.69, 9.17) is 23.8 Å². The van der Waals surface area contributed by atoms with E-state index in [0.29, 0.717) is 6.04 Å². The Morgan fingerprint density at radius 3 is 2.37 bits per heavy atom. The molecule has 4 heteroatoms. The van der Waals surface area contributed by atoms with Gasteiger partial charge in [0, 0.05) is 17.6 Å². The SMILES string of the molecule is CC(NC(=S)NCCc1ccc(Cl)cc1)C(C)(C)C. The van der Waals surface area contributed by atoms with Gasteiger partial charge in [0.05, 0.1) is 0 Å². The molecule has 0 aliphatic heterocycles. The van der Waals surface area contributed by atoms with E-state index in [-0.39, 0.29) is 5.41 Å². The molecule has 0 fully saturated rings. The van der Waals surface area contributed by atoms with Crippen LogP contribution in [0.4, 0.5) is 0 Å². The highest BCUT2D eigenvalue weighted by Crippen LogP contribution is 2.18. The van der Waals surface area contributed by atoms with Crippen molar-refractivity contribution in [3.05, 3.63) is 34.9 Å². The monoisotopic (exact) mass is 298 g/mol. The van der Waals surface area contributed by atoms with Crippen molar-refractivity contribution < 1.29 is 0 Å². The van der Waals surface area contributed by atoms with Gasteiger partial charge in [0.25, 0.3) is 0 Å². The standard InChI is InChI=1S/C15H23ClN2S/c1-11(15(2,3)4)18-14(19)17-10-9-12-5-7-13(16)8-6-12/h5-8,11H,9-10H2,1-4H3,(H2,17,18,19). The van der Waals surface area contributed by atoms with Gasteiger partial charge in [0.2, 0.25) is 0 Å². The molecule has 0 spiro atoms. The maximum absolute atomic E-state index is 5.85. The molecule has 1 atom stereocenters. The van der Waals surface area contributed by atoms with E-state index in [1.54, 1.807) is 0 Å².